The van der Waals surface area contributed by atoms with E-state index in [0.717, 1.165) is 13.1 Å². The number of methoxy groups -OCH3 is 2. The van der Waals surface area contributed by atoms with Gasteiger partial charge in [-0.3, -0.25) is 19.4 Å². The summed E-state index contributed by atoms with van der Waals surface area (Å²) in [5, 5.41) is 5.16. The van der Waals surface area contributed by atoms with Crippen LogP contribution in [0.15, 0.2) is 71.5 Å². The Morgan fingerprint density at radius 3 is 2.37 bits per heavy atom. The Hall–Kier alpha value is -5.21. The average molecular weight is 674 g/mol. The zero-order valence-electron chi connectivity index (χ0n) is 27.8. The Morgan fingerprint density at radius 1 is 0.959 bits per heavy atom. The van der Waals surface area contributed by atoms with Crippen molar-refractivity contribution in [3.05, 3.63) is 88.7 Å². The molecular formula is C35H40FN7O6. The molecule has 14 heteroatoms. The second-order valence-corrected chi connectivity index (χ2v) is 11.8. The minimum absolute atomic E-state index is 0.0364. The van der Waals surface area contributed by atoms with Crippen LogP contribution in [0.25, 0.3) is 10.9 Å². The molecule has 0 bridgehead atoms. The van der Waals surface area contributed by atoms with Crippen molar-refractivity contribution in [2.75, 3.05) is 88.5 Å². The van der Waals surface area contributed by atoms with Crippen molar-refractivity contribution in [1.29, 1.82) is 0 Å². The van der Waals surface area contributed by atoms with E-state index in [4.69, 9.17) is 19.2 Å². The van der Waals surface area contributed by atoms with Gasteiger partial charge in [0, 0.05) is 37.9 Å². The zero-order valence-corrected chi connectivity index (χ0v) is 27.8. The third kappa shape index (κ3) is 7.29. The fourth-order valence-corrected chi connectivity index (χ4v) is 6.19. The lowest BCUT2D eigenvalue weighted by atomic mass is 10.1. The zero-order chi connectivity index (χ0) is 34.5. The fourth-order valence-electron chi connectivity index (χ4n) is 6.19. The molecule has 258 valence electrons. The van der Waals surface area contributed by atoms with Gasteiger partial charge in [0.1, 0.15) is 17.3 Å². The standard InChI is InChI=1S/C35H40FN7O6/c1-24(42(30-13-12-27(47-2)22-31(30)48-3)35(46)37-26-10-8-25(36)9-11-26)33-38-29-7-5-4-6-28(29)34(45)43(33)41-16-14-40(15-17-41)32(44)23-39-18-20-49-21-19-39/h4-13,22,24H,14-21,23H2,1-3H3,(H,37,46). The van der Waals surface area contributed by atoms with E-state index in [1.165, 1.54) is 48.1 Å². The molecular weight excluding hydrogens is 633 g/mol. The molecule has 6 rings (SSSR count). The quantitative estimate of drug-likeness (QED) is 0.285. The van der Waals surface area contributed by atoms with Crippen molar-refractivity contribution >= 4 is 34.2 Å². The second-order valence-electron chi connectivity index (χ2n) is 11.8. The lowest BCUT2D eigenvalue weighted by molar-refractivity contribution is -0.133. The third-order valence-electron chi connectivity index (χ3n) is 8.85. The maximum absolute atomic E-state index is 14.3. The number of halogens is 1. The number of fused-ring (bicyclic) bond motifs is 1. The van der Waals surface area contributed by atoms with Crippen molar-refractivity contribution in [1.82, 2.24) is 19.5 Å². The number of urea groups is 1. The number of carbonyl (C=O) groups excluding carboxylic acids is 2. The van der Waals surface area contributed by atoms with Gasteiger partial charge in [-0.25, -0.2) is 18.8 Å². The number of amides is 3. The van der Waals surface area contributed by atoms with Gasteiger partial charge in [0.2, 0.25) is 5.91 Å². The van der Waals surface area contributed by atoms with Crippen molar-refractivity contribution in [3.8, 4) is 11.5 Å². The smallest absolute Gasteiger partial charge is 0.327 e. The van der Waals surface area contributed by atoms with Crippen molar-refractivity contribution in [3.63, 3.8) is 0 Å². The Kier molecular flexibility index (Phi) is 10.3. The molecule has 0 spiro atoms. The van der Waals surface area contributed by atoms with Crippen LogP contribution in [-0.4, -0.2) is 105 Å². The maximum atomic E-state index is 14.3. The highest BCUT2D eigenvalue weighted by Gasteiger charge is 2.33. The highest BCUT2D eigenvalue weighted by atomic mass is 19.1. The molecule has 2 saturated heterocycles. The number of hydrogen-bond donors (Lipinski definition) is 1. The molecule has 1 aromatic heterocycles. The number of hydrogen-bond acceptors (Lipinski definition) is 9. The SMILES string of the molecule is COc1ccc(N(C(=O)Nc2ccc(F)cc2)C(C)c2nc3ccccc3c(=O)n2N2CCN(C(=O)CN3CCOCC3)CC2)c(OC)c1. The van der Waals surface area contributed by atoms with Crippen LogP contribution in [0.3, 0.4) is 0 Å². The number of nitrogens with zero attached hydrogens (tertiary/aromatic N) is 6. The first kappa shape index (κ1) is 33.7. The molecule has 3 heterocycles. The van der Waals surface area contributed by atoms with Crippen molar-refractivity contribution < 1.29 is 28.2 Å². The highest BCUT2D eigenvalue weighted by Crippen LogP contribution is 2.37. The number of morpholine rings is 1. The Bertz CT molecular complexity index is 1860. The minimum atomic E-state index is -0.832. The molecule has 1 unspecified atom stereocenters. The van der Waals surface area contributed by atoms with E-state index in [-0.39, 0.29) is 11.5 Å². The molecule has 2 fully saturated rings. The summed E-state index contributed by atoms with van der Waals surface area (Å²) in [6.07, 6.45) is 0. The van der Waals surface area contributed by atoms with Crippen molar-refractivity contribution in [2.45, 2.75) is 13.0 Å². The number of anilines is 2. The average Bonchev–Trinajstić information content (AvgIpc) is 3.13. The normalized spacial score (nSPS) is 15.9. The summed E-state index contributed by atoms with van der Waals surface area (Å²) >= 11 is 0. The number of para-hydroxylation sites is 1. The van der Waals surface area contributed by atoms with Gasteiger partial charge < -0.3 is 29.4 Å². The van der Waals surface area contributed by atoms with Gasteiger partial charge in [-0.15, -0.1) is 0 Å². The van der Waals surface area contributed by atoms with Crippen LogP contribution < -0.4 is 30.3 Å². The van der Waals surface area contributed by atoms with Crippen LogP contribution in [0.4, 0.5) is 20.6 Å². The van der Waals surface area contributed by atoms with E-state index in [0.29, 0.717) is 85.5 Å². The number of rotatable bonds is 9. The van der Waals surface area contributed by atoms with Crippen LogP contribution in [0.5, 0.6) is 11.5 Å². The topological polar surface area (TPSA) is 122 Å². The molecule has 0 aliphatic carbocycles. The molecule has 3 amide bonds. The summed E-state index contributed by atoms with van der Waals surface area (Å²) in [6, 6.07) is 16.2. The summed E-state index contributed by atoms with van der Waals surface area (Å²) in [7, 11) is 3.02. The molecule has 3 aromatic carbocycles. The second kappa shape index (κ2) is 14.9. The molecule has 0 saturated carbocycles. The number of carbonyl (C=O) groups is 2. The lowest BCUT2D eigenvalue weighted by Crippen LogP contribution is -2.58. The Morgan fingerprint density at radius 2 is 1.67 bits per heavy atom. The van der Waals surface area contributed by atoms with Crippen LogP contribution in [0.2, 0.25) is 0 Å². The van der Waals surface area contributed by atoms with Gasteiger partial charge in [-0.1, -0.05) is 12.1 Å². The van der Waals surface area contributed by atoms with Crippen LogP contribution in [-0.2, 0) is 9.53 Å². The molecule has 49 heavy (non-hydrogen) atoms. The monoisotopic (exact) mass is 673 g/mol. The van der Waals surface area contributed by atoms with Crippen molar-refractivity contribution in [2.24, 2.45) is 0 Å². The molecule has 13 nitrogen and oxygen atoms in total. The van der Waals surface area contributed by atoms with E-state index in [9.17, 15) is 18.8 Å². The van der Waals surface area contributed by atoms with E-state index in [1.54, 1.807) is 49.4 Å². The first-order valence-corrected chi connectivity index (χ1v) is 16.2. The number of benzene rings is 3. The summed E-state index contributed by atoms with van der Waals surface area (Å²) in [5.41, 5.74) is 0.951. The number of ether oxygens (including phenoxy) is 3. The Balaban J connectivity index is 1.37. The minimum Gasteiger partial charge on any atom is -0.497 e. The van der Waals surface area contributed by atoms with Gasteiger partial charge in [0.25, 0.3) is 5.56 Å². The summed E-state index contributed by atoms with van der Waals surface area (Å²) in [4.78, 5) is 52.0. The molecule has 1 atom stereocenters. The van der Waals surface area contributed by atoms with Gasteiger partial charge in [0.05, 0.1) is 69.7 Å². The van der Waals surface area contributed by atoms with E-state index < -0.39 is 17.9 Å². The van der Waals surface area contributed by atoms with E-state index >= 15 is 0 Å². The maximum Gasteiger partial charge on any atom is 0.327 e. The van der Waals surface area contributed by atoms with Gasteiger partial charge >= 0.3 is 6.03 Å². The predicted molar refractivity (Wildman–Crippen MR) is 184 cm³/mol. The number of nitrogens with one attached hydrogen (secondary N) is 1. The third-order valence-corrected chi connectivity index (χ3v) is 8.85. The van der Waals surface area contributed by atoms with Crippen LogP contribution in [0.1, 0.15) is 18.8 Å². The van der Waals surface area contributed by atoms with Gasteiger partial charge in [0.15, 0.2) is 5.82 Å². The highest BCUT2D eigenvalue weighted by molar-refractivity contribution is 6.03. The fraction of sp³-hybridized carbons (Fsp3) is 0.371. The van der Waals surface area contributed by atoms with Gasteiger partial charge in [-0.05, 0) is 55.5 Å². The van der Waals surface area contributed by atoms with E-state index in [2.05, 4.69) is 10.2 Å². The van der Waals surface area contributed by atoms with E-state index in [1.807, 2.05) is 9.91 Å². The van der Waals surface area contributed by atoms with Gasteiger partial charge in [-0.2, -0.15) is 0 Å². The summed E-state index contributed by atoms with van der Waals surface area (Å²) < 4.78 is 31.7. The number of aromatic nitrogens is 2. The molecule has 1 N–H and O–H groups in total. The Labute approximate surface area is 283 Å². The first-order chi connectivity index (χ1) is 23.8. The summed E-state index contributed by atoms with van der Waals surface area (Å²) in [5.74, 6) is 0.780. The number of piperazine rings is 1. The first-order valence-electron chi connectivity index (χ1n) is 16.2. The lowest BCUT2D eigenvalue weighted by Gasteiger charge is -2.40. The molecule has 4 aromatic rings. The largest absolute Gasteiger partial charge is 0.497 e. The van der Waals surface area contributed by atoms with Crippen LogP contribution >= 0.6 is 0 Å². The molecule has 2 aliphatic heterocycles. The summed E-state index contributed by atoms with van der Waals surface area (Å²) in [6.45, 7) is 6.35. The van der Waals surface area contributed by atoms with Crippen LogP contribution in [0, 0.1) is 5.82 Å². The molecule has 2 aliphatic rings. The predicted octanol–water partition coefficient (Wildman–Crippen LogP) is 3.46. The molecule has 0 radical (unpaired) electrons.